The largest absolute Gasteiger partial charge is 0.362 e. The summed E-state index contributed by atoms with van der Waals surface area (Å²) in [6, 6.07) is 0. The fourth-order valence-corrected chi connectivity index (χ4v) is 1.21. The van der Waals surface area contributed by atoms with Crippen LogP contribution in [-0.2, 0) is 0 Å². The monoisotopic (exact) mass is 201 g/mol. The van der Waals surface area contributed by atoms with Crippen LogP contribution >= 0.6 is 15.9 Å². The van der Waals surface area contributed by atoms with Crippen LogP contribution < -0.4 is 4.90 Å². The van der Waals surface area contributed by atoms with Gasteiger partial charge in [0.15, 0.2) is 0 Å². The van der Waals surface area contributed by atoms with Gasteiger partial charge in [0.25, 0.3) is 0 Å². The highest BCUT2D eigenvalue weighted by Gasteiger charge is 2.00. The SMILES string of the molecule is CN(C)c1ncncc1Br. The molecule has 0 bridgehead atoms. The van der Waals surface area contributed by atoms with Crippen molar-refractivity contribution in [2.45, 2.75) is 0 Å². The Balaban J connectivity index is 3.03. The van der Waals surface area contributed by atoms with E-state index in [1.165, 1.54) is 6.33 Å². The van der Waals surface area contributed by atoms with E-state index in [-0.39, 0.29) is 0 Å². The van der Waals surface area contributed by atoms with Gasteiger partial charge < -0.3 is 4.90 Å². The molecule has 0 saturated heterocycles. The van der Waals surface area contributed by atoms with Crippen LogP contribution in [0.15, 0.2) is 17.0 Å². The average molecular weight is 202 g/mol. The van der Waals surface area contributed by atoms with E-state index in [2.05, 4.69) is 25.9 Å². The third-order valence-corrected chi connectivity index (χ3v) is 1.63. The molecule has 0 aromatic carbocycles. The van der Waals surface area contributed by atoms with Crippen molar-refractivity contribution in [3.8, 4) is 0 Å². The van der Waals surface area contributed by atoms with E-state index in [0.29, 0.717) is 0 Å². The van der Waals surface area contributed by atoms with Crippen molar-refractivity contribution in [3.63, 3.8) is 0 Å². The Hall–Kier alpha value is -0.640. The zero-order valence-corrected chi connectivity index (χ0v) is 7.46. The first-order chi connectivity index (χ1) is 4.72. The van der Waals surface area contributed by atoms with Crippen LogP contribution in [0.25, 0.3) is 0 Å². The van der Waals surface area contributed by atoms with Gasteiger partial charge in [0.1, 0.15) is 12.1 Å². The molecule has 54 valence electrons. The average Bonchev–Trinajstić information content (AvgIpc) is 1.88. The summed E-state index contributed by atoms with van der Waals surface area (Å²) in [5.41, 5.74) is 0. The number of anilines is 1. The molecular formula is C6H8BrN3. The van der Waals surface area contributed by atoms with Crippen LogP contribution in [0.2, 0.25) is 0 Å². The van der Waals surface area contributed by atoms with Crippen molar-refractivity contribution in [3.05, 3.63) is 17.0 Å². The van der Waals surface area contributed by atoms with Crippen molar-refractivity contribution >= 4 is 21.7 Å². The summed E-state index contributed by atoms with van der Waals surface area (Å²) >= 11 is 3.33. The second-order valence-corrected chi connectivity index (χ2v) is 2.94. The maximum absolute atomic E-state index is 4.05. The molecule has 0 saturated carbocycles. The van der Waals surface area contributed by atoms with Gasteiger partial charge in [-0.3, -0.25) is 0 Å². The predicted octanol–water partition coefficient (Wildman–Crippen LogP) is 1.31. The first-order valence-electron chi connectivity index (χ1n) is 2.84. The van der Waals surface area contributed by atoms with E-state index in [1.54, 1.807) is 6.20 Å². The lowest BCUT2D eigenvalue weighted by Crippen LogP contribution is -2.11. The Morgan fingerprint density at radius 3 is 2.60 bits per heavy atom. The van der Waals surface area contributed by atoms with Gasteiger partial charge in [-0.2, -0.15) is 0 Å². The molecule has 0 aliphatic rings. The van der Waals surface area contributed by atoms with Gasteiger partial charge in [-0.25, -0.2) is 9.97 Å². The van der Waals surface area contributed by atoms with E-state index in [1.807, 2.05) is 19.0 Å². The van der Waals surface area contributed by atoms with Gasteiger partial charge in [-0.05, 0) is 15.9 Å². The highest BCUT2D eigenvalue weighted by molar-refractivity contribution is 9.10. The zero-order valence-electron chi connectivity index (χ0n) is 5.87. The van der Waals surface area contributed by atoms with Gasteiger partial charge in [0.05, 0.1) is 4.47 Å². The van der Waals surface area contributed by atoms with Crippen LogP contribution in [0.3, 0.4) is 0 Å². The maximum Gasteiger partial charge on any atom is 0.145 e. The van der Waals surface area contributed by atoms with Crippen molar-refractivity contribution in [2.24, 2.45) is 0 Å². The number of aromatic nitrogens is 2. The van der Waals surface area contributed by atoms with Crippen LogP contribution in [0.1, 0.15) is 0 Å². The number of halogens is 1. The minimum atomic E-state index is 0.898. The molecule has 0 N–H and O–H groups in total. The molecule has 10 heavy (non-hydrogen) atoms. The lowest BCUT2D eigenvalue weighted by Gasteiger charge is -2.11. The van der Waals surface area contributed by atoms with Gasteiger partial charge >= 0.3 is 0 Å². The Bertz CT molecular complexity index is 224. The number of hydrogen-bond donors (Lipinski definition) is 0. The molecule has 1 aromatic heterocycles. The third-order valence-electron chi connectivity index (χ3n) is 1.07. The molecule has 3 nitrogen and oxygen atoms in total. The molecule has 1 heterocycles. The molecule has 0 aliphatic heterocycles. The molecule has 0 amide bonds. The number of rotatable bonds is 1. The molecule has 1 rings (SSSR count). The Labute approximate surface area is 68.2 Å². The van der Waals surface area contributed by atoms with Gasteiger partial charge in [-0.1, -0.05) is 0 Å². The topological polar surface area (TPSA) is 29.0 Å². The van der Waals surface area contributed by atoms with Crippen molar-refractivity contribution in [2.75, 3.05) is 19.0 Å². The number of hydrogen-bond acceptors (Lipinski definition) is 3. The van der Waals surface area contributed by atoms with E-state index in [0.717, 1.165) is 10.3 Å². The highest BCUT2D eigenvalue weighted by atomic mass is 79.9. The Kier molecular flexibility index (Phi) is 2.21. The van der Waals surface area contributed by atoms with Gasteiger partial charge in [0.2, 0.25) is 0 Å². The molecule has 0 aliphatic carbocycles. The summed E-state index contributed by atoms with van der Waals surface area (Å²) in [7, 11) is 3.88. The lowest BCUT2D eigenvalue weighted by molar-refractivity contribution is 1.03. The Morgan fingerprint density at radius 1 is 1.50 bits per heavy atom. The molecule has 0 spiro atoms. The first kappa shape index (κ1) is 7.47. The quantitative estimate of drug-likeness (QED) is 0.687. The van der Waals surface area contributed by atoms with E-state index in [4.69, 9.17) is 0 Å². The van der Waals surface area contributed by atoms with Crippen molar-refractivity contribution in [1.82, 2.24) is 9.97 Å². The third kappa shape index (κ3) is 1.44. The fraction of sp³-hybridized carbons (Fsp3) is 0.333. The smallest absolute Gasteiger partial charge is 0.145 e. The second-order valence-electron chi connectivity index (χ2n) is 2.09. The van der Waals surface area contributed by atoms with Crippen LogP contribution in [-0.4, -0.2) is 24.1 Å². The summed E-state index contributed by atoms with van der Waals surface area (Å²) in [6.07, 6.45) is 3.25. The maximum atomic E-state index is 4.05. The summed E-state index contributed by atoms with van der Waals surface area (Å²) in [6.45, 7) is 0. The fourth-order valence-electron chi connectivity index (χ4n) is 0.635. The van der Waals surface area contributed by atoms with E-state index < -0.39 is 0 Å². The Morgan fingerprint density at radius 2 is 2.20 bits per heavy atom. The molecule has 0 unspecified atom stereocenters. The van der Waals surface area contributed by atoms with Crippen LogP contribution in [0.4, 0.5) is 5.82 Å². The van der Waals surface area contributed by atoms with E-state index in [9.17, 15) is 0 Å². The number of nitrogens with zero attached hydrogens (tertiary/aromatic N) is 3. The summed E-state index contributed by atoms with van der Waals surface area (Å²) in [5.74, 6) is 0.898. The normalized spacial score (nSPS) is 9.50. The van der Waals surface area contributed by atoms with Crippen molar-refractivity contribution in [1.29, 1.82) is 0 Å². The van der Waals surface area contributed by atoms with Gasteiger partial charge in [-0.15, -0.1) is 0 Å². The van der Waals surface area contributed by atoms with Crippen molar-refractivity contribution < 1.29 is 0 Å². The van der Waals surface area contributed by atoms with E-state index >= 15 is 0 Å². The molecule has 0 radical (unpaired) electrons. The zero-order chi connectivity index (χ0) is 7.56. The molecule has 4 heteroatoms. The molecule has 0 fully saturated rings. The molecule has 0 atom stereocenters. The van der Waals surface area contributed by atoms with Crippen LogP contribution in [0.5, 0.6) is 0 Å². The summed E-state index contributed by atoms with van der Waals surface area (Å²) in [4.78, 5) is 9.81. The summed E-state index contributed by atoms with van der Waals surface area (Å²) in [5, 5.41) is 0. The summed E-state index contributed by atoms with van der Waals surface area (Å²) < 4.78 is 0.917. The lowest BCUT2D eigenvalue weighted by atomic mass is 10.5. The van der Waals surface area contributed by atoms with Gasteiger partial charge in [0, 0.05) is 20.3 Å². The second kappa shape index (κ2) is 2.96. The first-order valence-corrected chi connectivity index (χ1v) is 3.64. The minimum absolute atomic E-state index is 0.898. The predicted molar refractivity (Wildman–Crippen MR) is 44.1 cm³/mol. The highest BCUT2D eigenvalue weighted by Crippen LogP contribution is 2.18. The minimum Gasteiger partial charge on any atom is -0.362 e. The standard InChI is InChI=1S/C6H8BrN3/c1-10(2)6-5(7)3-8-4-9-6/h3-4H,1-2H3. The molecule has 1 aromatic rings. The van der Waals surface area contributed by atoms with Crippen LogP contribution in [0, 0.1) is 0 Å². The molecular weight excluding hydrogens is 194 g/mol.